The molecule has 0 spiro atoms. The van der Waals surface area contributed by atoms with Crippen LogP contribution in [0, 0.1) is 5.92 Å². The van der Waals surface area contributed by atoms with Crippen LogP contribution in [0.5, 0.6) is 0 Å². The predicted molar refractivity (Wildman–Crippen MR) is 98.4 cm³/mol. The highest BCUT2D eigenvalue weighted by molar-refractivity contribution is 7.07. The summed E-state index contributed by atoms with van der Waals surface area (Å²) in [4.78, 5) is 26.6. The molecule has 2 aromatic heterocycles. The summed E-state index contributed by atoms with van der Waals surface area (Å²) in [6.45, 7) is 2.09. The first-order chi connectivity index (χ1) is 12.3. The maximum atomic E-state index is 12.4. The van der Waals surface area contributed by atoms with E-state index in [-0.39, 0.29) is 6.03 Å². The van der Waals surface area contributed by atoms with E-state index in [0.29, 0.717) is 12.5 Å². The van der Waals surface area contributed by atoms with Gasteiger partial charge in [-0.3, -0.25) is 0 Å². The number of para-hydroxylation sites is 2. The number of nitrogens with zero attached hydrogens (tertiary/aromatic N) is 3. The number of H-pyrrole nitrogens is 1. The summed E-state index contributed by atoms with van der Waals surface area (Å²) in [6, 6.07) is 8.09. The molecule has 1 aliphatic heterocycles. The van der Waals surface area contributed by atoms with E-state index in [4.69, 9.17) is 0 Å². The molecule has 0 aliphatic carbocycles. The number of aromatic nitrogens is 3. The molecule has 1 atom stereocenters. The summed E-state index contributed by atoms with van der Waals surface area (Å²) in [5.41, 5.74) is 4.78. The average molecular weight is 355 g/mol. The summed E-state index contributed by atoms with van der Waals surface area (Å²) < 4.78 is 0. The molecule has 4 rings (SSSR count). The van der Waals surface area contributed by atoms with Crippen molar-refractivity contribution in [2.45, 2.75) is 25.8 Å². The van der Waals surface area contributed by atoms with Crippen molar-refractivity contribution in [2.24, 2.45) is 5.92 Å². The molecular weight excluding hydrogens is 334 g/mol. The van der Waals surface area contributed by atoms with Crippen LogP contribution in [0.2, 0.25) is 0 Å². The third-order valence-corrected chi connectivity index (χ3v) is 5.27. The number of amides is 2. The van der Waals surface area contributed by atoms with E-state index in [9.17, 15) is 4.79 Å². The fourth-order valence-electron chi connectivity index (χ4n) is 3.39. The Labute approximate surface area is 150 Å². The van der Waals surface area contributed by atoms with Gasteiger partial charge in [0, 0.05) is 24.9 Å². The fraction of sp³-hybridized carbons (Fsp3) is 0.389. The molecule has 25 heavy (non-hydrogen) atoms. The van der Waals surface area contributed by atoms with Gasteiger partial charge in [-0.2, -0.15) is 0 Å². The van der Waals surface area contributed by atoms with Crippen LogP contribution >= 0.6 is 11.3 Å². The van der Waals surface area contributed by atoms with E-state index < -0.39 is 0 Å². The molecule has 0 unspecified atom stereocenters. The van der Waals surface area contributed by atoms with Crippen molar-refractivity contribution in [3.8, 4) is 0 Å². The molecule has 3 heterocycles. The zero-order chi connectivity index (χ0) is 17.1. The molecule has 7 heteroatoms. The molecule has 1 fully saturated rings. The molecule has 2 amide bonds. The standard InChI is InChI=1S/C18H21N5OS/c24-18(19-9-14-11-25-12-20-14)23-7-3-4-13(10-23)8-17-21-15-5-1-2-6-16(15)22-17/h1-2,5-6,11-13H,3-4,7-10H2,(H,19,24)(H,21,22)/t13-/m0/s1. The van der Waals surface area contributed by atoms with Crippen LogP contribution in [-0.2, 0) is 13.0 Å². The number of imidazole rings is 1. The van der Waals surface area contributed by atoms with Crippen molar-refractivity contribution in [1.29, 1.82) is 0 Å². The Hall–Kier alpha value is -2.41. The third kappa shape index (κ3) is 3.82. The monoisotopic (exact) mass is 355 g/mol. The fourth-order valence-corrected chi connectivity index (χ4v) is 3.95. The van der Waals surface area contributed by atoms with Gasteiger partial charge in [0.1, 0.15) is 5.82 Å². The second kappa shape index (κ2) is 7.23. The third-order valence-electron chi connectivity index (χ3n) is 4.63. The number of carbonyl (C=O) groups is 1. The number of hydrogen-bond donors (Lipinski definition) is 2. The normalized spacial score (nSPS) is 17.8. The van der Waals surface area contributed by atoms with Crippen LogP contribution in [0.15, 0.2) is 35.2 Å². The highest BCUT2D eigenvalue weighted by Gasteiger charge is 2.24. The smallest absolute Gasteiger partial charge is 0.317 e. The number of carbonyl (C=O) groups excluding carboxylic acids is 1. The Kier molecular flexibility index (Phi) is 4.65. The lowest BCUT2D eigenvalue weighted by Gasteiger charge is -2.32. The molecule has 1 aromatic carbocycles. The minimum atomic E-state index is 0.00214. The van der Waals surface area contributed by atoms with Gasteiger partial charge >= 0.3 is 6.03 Å². The summed E-state index contributed by atoms with van der Waals surface area (Å²) in [6.07, 6.45) is 3.05. The predicted octanol–water partition coefficient (Wildman–Crippen LogP) is 3.18. The first-order valence-corrected chi connectivity index (χ1v) is 9.55. The van der Waals surface area contributed by atoms with Crippen molar-refractivity contribution in [2.75, 3.05) is 13.1 Å². The zero-order valence-electron chi connectivity index (χ0n) is 13.9. The van der Waals surface area contributed by atoms with Gasteiger partial charge in [-0.1, -0.05) is 12.1 Å². The van der Waals surface area contributed by atoms with Gasteiger partial charge in [-0.25, -0.2) is 14.8 Å². The lowest BCUT2D eigenvalue weighted by atomic mass is 9.95. The number of piperidine rings is 1. The summed E-state index contributed by atoms with van der Waals surface area (Å²) in [7, 11) is 0. The molecule has 0 bridgehead atoms. The van der Waals surface area contributed by atoms with E-state index in [0.717, 1.165) is 54.9 Å². The van der Waals surface area contributed by atoms with Gasteiger partial charge in [0.2, 0.25) is 0 Å². The van der Waals surface area contributed by atoms with E-state index in [1.807, 2.05) is 34.5 Å². The average Bonchev–Trinajstić information content (AvgIpc) is 3.28. The van der Waals surface area contributed by atoms with Gasteiger partial charge in [0.05, 0.1) is 28.8 Å². The Bertz CT molecular complexity index is 811. The van der Waals surface area contributed by atoms with Crippen LogP contribution in [-0.4, -0.2) is 39.0 Å². The van der Waals surface area contributed by atoms with Crippen LogP contribution in [0.1, 0.15) is 24.4 Å². The zero-order valence-corrected chi connectivity index (χ0v) is 14.8. The van der Waals surface area contributed by atoms with E-state index in [1.54, 1.807) is 16.8 Å². The van der Waals surface area contributed by atoms with Crippen LogP contribution in [0.3, 0.4) is 0 Å². The number of thiazole rings is 1. The minimum absolute atomic E-state index is 0.00214. The number of nitrogens with one attached hydrogen (secondary N) is 2. The first kappa shape index (κ1) is 16.1. The summed E-state index contributed by atoms with van der Waals surface area (Å²) >= 11 is 1.54. The van der Waals surface area contributed by atoms with Gasteiger partial charge in [-0.15, -0.1) is 11.3 Å². The number of fused-ring (bicyclic) bond motifs is 1. The lowest BCUT2D eigenvalue weighted by molar-refractivity contribution is 0.164. The maximum absolute atomic E-state index is 12.4. The summed E-state index contributed by atoms with van der Waals surface area (Å²) in [5, 5.41) is 4.93. The number of likely N-dealkylation sites (tertiary alicyclic amines) is 1. The van der Waals surface area contributed by atoms with E-state index in [1.165, 1.54) is 0 Å². The van der Waals surface area contributed by atoms with Crippen LogP contribution in [0.4, 0.5) is 4.79 Å². The molecule has 6 nitrogen and oxygen atoms in total. The molecular formula is C18H21N5OS. The molecule has 1 saturated heterocycles. The topological polar surface area (TPSA) is 73.9 Å². The Balaban J connectivity index is 1.34. The van der Waals surface area contributed by atoms with Crippen LogP contribution < -0.4 is 5.32 Å². The van der Waals surface area contributed by atoms with Gasteiger partial charge in [0.25, 0.3) is 0 Å². The van der Waals surface area contributed by atoms with Crippen molar-refractivity contribution < 1.29 is 4.79 Å². The molecule has 130 valence electrons. The second-order valence-corrected chi connectivity index (χ2v) is 7.22. The number of aromatic amines is 1. The van der Waals surface area contributed by atoms with Crippen molar-refractivity contribution in [3.63, 3.8) is 0 Å². The Morgan fingerprint density at radius 3 is 3.16 bits per heavy atom. The summed E-state index contributed by atoms with van der Waals surface area (Å²) in [5.74, 6) is 1.45. The van der Waals surface area contributed by atoms with Gasteiger partial charge in [0.15, 0.2) is 0 Å². The molecule has 0 saturated carbocycles. The number of rotatable bonds is 4. The first-order valence-electron chi connectivity index (χ1n) is 8.61. The SMILES string of the molecule is O=C(NCc1cscn1)N1CCC[C@@H](Cc2nc3ccccc3[nH]2)C1. The molecule has 3 aromatic rings. The number of benzene rings is 1. The van der Waals surface area contributed by atoms with Crippen LogP contribution in [0.25, 0.3) is 11.0 Å². The van der Waals surface area contributed by atoms with Gasteiger partial charge in [-0.05, 0) is 30.9 Å². The molecule has 0 radical (unpaired) electrons. The quantitative estimate of drug-likeness (QED) is 0.755. The maximum Gasteiger partial charge on any atom is 0.317 e. The largest absolute Gasteiger partial charge is 0.342 e. The second-order valence-electron chi connectivity index (χ2n) is 6.50. The van der Waals surface area contributed by atoms with Crippen molar-refractivity contribution in [3.05, 3.63) is 46.7 Å². The highest BCUT2D eigenvalue weighted by Crippen LogP contribution is 2.21. The Morgan fingerprint density at radius 1 is 1.40 bits per heavy atom. The number of urea groups is 1. The molecule has 2 N–H and O–H groups in total. The highest BCUT2D eigenvalue weighted by atomic mass is 32.1. The lowest BCUT2D eigenvalue weighted by Crippen LogP contribution is -2.45. The van der Waals surface area contributed by atoms with Crippen molar-refractivity contribution >= 4 is 28.4 Å². The minimum Gasteiger partial charge on any atom is -0.342 e. The van der Waals surface area contributed by atoms with E-state index >= 15 is 0 Å². The van der Waals surface area contributed by atoms with E-state index in [2.05, 4.69) is 20.3 Å². The van der Waals surface area contributed by atoms with Gasteiger partial charge < -0.3 is 15.2 Å². The Morgan fingerprint density at radius 2 is 2.32 bits per heavy atom. The van der Waals surface area contributed by atoms with Crippen molar-refractivity contribution in [1.82, 2.24) is 25.2 Å². The number of hydrogen-bond acceptors (Lipinski definition) is 4. The molecule has 1 aliphatic rings.